The molecule has 0 fully saturated rings. The fourth-order valence-electron chi connectivity index (χ4n) is 1.88. The van der Waals surface area contributed by atoms with Crippen molar-refractivity contribution >= 4 is 6.03 Å². The molecular weight excluding hydrogens is 266 g/mol. The van der Waals surface area contributed by atoms with Crippen LogP contribution in [0.25, 0.3) is 0 Å². The maximum atomic E-state index is 11.8. The van der Waals surface area contributed by atoms with Gasteiger partial charge in [0.25, 0.3) is 0 Å². The molecule has 0 aliphatic carbocycles. The quantitative estimate of drug-likeness (QED) is 0.717. The zero-order valence-corrected chi connectivity index (χ0v) is 13.3. The van der Waals surface area contributed by atoms with Crippen molar-refractivity contribution in [2.24, 2.45) is 0 Å². The first kappa shape index (κ1) is 17.5. The number of carbonyl (C=O) groups is 1. The molecular formula is C16H27N3O2. The smallest absolute Gasteiger partial charge is 0.315 e. The molecule has 2 amide bonds. The molecule has 0 bridgehead atoms. The minimum Gasteiger partial charge on any atom is -0.386 e. The molecule has 1 rings (SSSR count). The normalized spacial score (nSPS) is 14.0. The summed E-state index contributed by atoms with van der Waals surface area (Å²) in [6.45, 7) is 7.38. The summed E-state index contributed by atoms with van der Waals surface area (Å²) < 4.78 is 0. The zero-order chi connectivity index (χ0) is 15.8. The van der Waals surface area contributed by atoms with Gasteiger partial charge in [0, 0.05) is 19.1 Å². The van der Waals surface area contributed by atoms with Crippen LogP contribution < -0.4 is 10.6 Å². The van der Waals surface area contributed by atoms with Crippen molar-refractivity contribution in [1.29, 1.82) is 0 Å². The second-order valence-electron chi connectivity index (χ2n) is 5.62. The molecule has 0 unspecified atom stereocenters. The first-order chi connectivity index (χ1) is 9.91. The van der Waals surface area contributed by atoms with Crippen molar-refractivity contribution in [3.05, 3.63) is 35.9 Å². The first-order valence-electron chi connectivity index (χ1n) is 7.39. The van der Waals surface area contributed by atoms with E-state index in [2.05, 4.69) is 29.4 Å². The van der Waals surface area contributed by atoms with Crippen LogP contribution in [0.5, 0.6) is 0 Å². The van der Waals surface area contributed by atoms with E-state index >= 15 is 0 Å². The highest BCUT2D eigenvalue weighted by Crippen LogP contribution is 2.15. The number of likely N-dealkylation sites (N-methyl/N-ethyl adjacent to an activating group) is 1. The van der Waals surface area contributed by atoms with Gasteiger partial charge in [0.15, 0.2) is 0 Å². The first-order valence-corrected chi connectivity index (χ1v) is 7.39. The number of nitrogens with one attached hydrogen (secondary N) is 2. The number of aliphatic hydroxyl groups is 1. The van der Waals surface area contributed by atoms with Crippen LogP contribution in [-0.2, 0) is 0 Å². The summed E-state index contributed by atoms with van der Waals surface area (Å²) in [5.41, 5.74) is 0.796. The summed E-state index contributed by atoms with van der Waals surface area (Å²) >= 11 is 0. The molecule has 1 aromatic carbocycles. The van der Waals surface area contributed by atoms with Crippen LogP contribution in [0.1, 0.15) is 32.4 Å². The Morgan fingerprint density at radius 2 is 1.86 bits per heavy atom. The number of urea groups is 1. The third kappa shape index (κ3) is 6.14. The van der Waals surface area contributed by atoms with Crippen LogP contribution >= 0.6 is 0 Å². The predicted molar refractivity (Wildman–Crippen MR) is 85.2 cm³/mol. The Hall–Kier alpha value is -1.59. The van der Waals surface area contributed by atoms with E-state index in [-0.39, 0.29) is 12.1 Å². The lowest BCUT2D eigenvalue weighted by Gasteiger charge is -2.23. The number of benzene rings is 1. The van der Waals surface area contributed by atoms with Gasteiger partial charge in [-0.25, -0.2) is 4.79 Å². The number of aliphatic hydroxyl groups excluding tert-OH is 1. The van der Waals surface area contributed by atoms with Gasteiger partial charge in [-0.2, -0.15) is 0 Å². The fourth-order valence-corrected chi connectivity index (χ4v) is 1.88. The number of hydrogen-bond donors (Lipinski definition) is 3. The molecule has 0 saturated heterocycles. The standard InChI is InChI=1S/C16H27N3O2/c1-12(2)19(4)11-10-17-16(21)18-13(3)15(20)14-8-6-5-7-9-14/h5-9,12-13,15,20H,10-11H2,1-4H3,(H2,17,18,21)/t13-,15-/m0/s1. The highest BCUT2D eigenvalue weighted by molar-refractivity contribution is 5.74. The topological polar surface area (TPSA) is 64.6 Å². The van der Waals surface area contributed by atoms with Crippen molar-refractivity contribution in [2.75, 3.05) is 20.1 Å². The second-order valence-corrected chi connectivity index (χ2v) is 5.62. The van der Waals surface area contributed by atoms with E-state index in [0.29, 0.717) is 12.6 Å². The zero-order valence-electron chi connectivity index (χ0n) is 13.3. The van der Waals surface area contributed by atoms with Crippen LogP contribution in [0, 0.1) is 0 Å². The molecule has 0 aliphatic rings. The summed E-state index contributed by atoms with van der Waals surface area (Å²) in [6.07, 6.45) is -0.713. The molecule has 2 atom stereocenters. The molecule has 3 N–H and O–H groups in total. The lowest BCUT2D eigenvalue weighted by molar-refractivity contribution is 0.137. The highest BCUT2D eigenvalue weighted by atomic mass is 16.3. The van der Waals surface area contributed by atoms with Gasteiger partial charge in [-0.05, 0) is 33.4 Å². The van der Waals surface area contributed by atoms with Crippen LogP contribution in [0.4, 0.5) is 4.79 Å². The van der Waals surface area contributed by atoms with E-state index in [0.717, 1.165) is 12.1 Å². The van der Waals surface area contributed by atoms with Gasteiger partial charge in [-0.1, -0.05) is 30.3 Å². The van der Waals surface area contributed by atoms with Crippen LogP contribution in [-0.4, -0.2) is 48.3 Å². The number of carbonyl (C=O) groups excluding carboxylic acids is 1. The van der Waals surface area contributed by atoms with E-state index in [4.69, 9.17) is 0 Å². The maximum Gasteiger partial charge on any atom is 0.315 e. The van der Waals surface area contributed by atoms with Crippen molar-refractivity contribution in [3.63, 3.8) is 0 Å². The van der Waals surface area contributed by atoms with E-state index in [9.17, 15) is 9.90 Å². The van der Waals surface area contributed by atoms with Crippen LogP contribution in [0.3, 0.4) is 0 Å². The predicted octanol–water partition coefficient (Wildman–Crippen LogP) is 1.75. The second kappa shape index (κ2) is 8.64. The minimum absolute atomic E-state index is 0.255. The van der Waals surface area contributed by atoms with E-state index in [1.54, 1.807) is 6.92 Å². The number of nitrogens with zero attached hydrogens (tertiary/aromatic N) is 1. The molecule has 0 heterocycles. The monoisotopic (exact) mass is 293 g/mol. The average molecular weight is 293 g/mol. The minimum atomic E-state index is -0.713. The Morgan fingerprint density at radius 3 is 2.43 bits per heavy atom. The lowest BCUT2D eigenvalue weighted by Crippen LogP contribution is -2.45. The van der Waals surface area contributed by atoms with Gasteiger partial charge in [0.2, 0.25) is 0 Å². The van der Waals surface area contributed by atoms with Gasteiger partial charge >= 0.3 is 6.03 Å². The molecule has 5 nitrogen and oxygen atoms in total. The van der Waals surface area contributed by atoms with Gasteiger partial charge in [-0.3, -0.25) is 0 Å². The summed E-state index contributed by atoms with van der Waals surface area (Å²) in [7, 11) is 2.02. The Bertz CT molecular complexity index is 423. The van der Waals surface area contributed by atoms with Crippen molar-refractivity contribution in [2.45, 2.75) is 39.0 Å². The molecule has 1 aromatic rings. The van der Waals surface area contributed by atoms with Gasteiger partial charge < -0.3 is 20.6 Å². The Balaban J connectivity index is 2.34. The third-order valence-electron chi connectivity index (χ3n) is 3.61. The third-order valence-corrected chi connectivity index (χ3v) is 3.61. The fraction of sp³-hybridized carbons (Fsp3) is 0.562. The number of hydrogen-bond acceptors (Lipinski definition) is 3. The maximum absolute atomic E-state index is 11.8. The van der Waals surface area contributed by atoms with Crippen molar-refractivity contribution in [3.8, 4) is 0 Å². The van der Waals surface area contributed by atoms with Crippen LogP contribution in [0.2, 0.25) is 0 Å². The summed E-state index contributed by atoms with van der Waals surface area (Å²) in [4.78, 5) is 13.9. The summed E-state index contributed by atoms with van der Waals surface area (Å²) in [5.74, 6) is 0. The van der Waals surface area contributed by atoms with Crippen molar-refractivity contribution < 1.29 is 9.90 Å². The molecule has 118 valence electrons. The Labute approximate surface area is 127 Å². The van der Waals surface area contributed by atoms with E-state index in [1.807, 2.05) is 37.4 Å². The van der Waals surface area contributed by atoms with Crippen molar-refractivity contribution in [1.82, 2.24) is 15.5 Å². The van der Waals surface area contributed by atoms with E-state index in [1.165, 1.54) is 0 Å². The summed E-state index contributed by atoms with van der Waals surface area (Å²) in [6, 6.07) is 9.17. The molecule has 21 heavy (non-hydrogen) atoms. The molecule has 0 spiro atoms. The number of rotatable bonds is 7. The SMILES string of the molecule is CC(C)N(C)CCNC(=O)N[C@@H](C)[C@H](O)c1ccccc1. The van der Waals surface area contributed by atoms with Gasteiger partial charge in [0.05, 0.1) is 12.1 Å². The molecule has 0 aliphatic heterocycles. The lowest BCUT2D eigenvalue weighted by atomic mass is 10.0. The number of amides is 2. The van der Waals surface area contributed by atoms with E-state index < -0.39 is 6.10 Å². The Morgan fingerprint density at radius 1 is 1.24 bits per heavy atom. The highest BCUT2D eigenvalue weighted by Gasteiger charge is 2.17. The summed E-state index contributed by atoms with van der Waals surface area (Å²) in [5, 5.41) is 15.7. The molecule has 0 aromatic heterocycles. The average Bonchev–Trinajstić information content (AvgIpc) is 2.46. The van der Waals surface area contributed by atoms with Gasteiger partial charge in [-0.15, -0.1) is 0 Å². The molecule has 0 radical (unpaired) electrons. The molecule has 0 saturated carbocycles. The largest absolute Gasteiger partial charge is 0.386 e. The van der Waals surface area contributed by atoms with Crippen LogP contribution in [0.15, 0.2) is 30.3 Å². The van der Waals surface area contributed by atoms with Gasteiger partial charge in [0.1, 0.15) is 0 Å². The Kier molecular flexibility index (Phi) is 7.19. The molecule has 5 heteroatoms.